The molecule has 2 N–H and O–H groups in total. The zero-order chi connectivity index (χ0) is 16.9. The van der Waals surface area contributed by atoms with Gasteiger partial charge in [-0.25, -0.2) is 5.43 Å². The Kier molecular flexibility index (Phi) is 5.45. The van der Waals surface area contributed by atoms with Gasteiger partial charge in [-0.3, -0.25) is 15.3 Å². The highest BCUT2D eigenvalue weighted by Crippen LogP contribution is 2.25. The number of nitrogens with one attached hydrogen (secondary N) is 2. The zero-order valence-corrected chi connectivity index (χ0v) is 14.6. The number of rotatable bonds is 6. The molecule has 2 aromatic rings. The van der Waals surface area contributed by atoms with Crippen molar-refractivity contribution in [3.63, 3.8) is 0 Å². The van der Waals surface area contributed by atoms with Crippen LogP contribution in [0.3, 0.4) is 0 Å². The van der Waals surface area contributed by atoms with E-state index in [9.17, 15) is 0 Å². The monoisotopic (exact) mass is 326 g/mol. The molecule has 0 spiro atoms. The number of hydrogen-bond donors (Lipinski definition) is 2. The summed E-state index contributed by atoms with van der Waals surface area (Å²) in [6.07, 6.45) is 2.87. The summed E-state index contributed by atoms with van der Waals surface area (Å²) in [5.41, 5.74) is 9.24. The minimum atomic E-state index is 0.363. The third-order valence-corrected chi connectivity index (χ3v) is 4.85. The zero-order valence-electron chi connectivity index (χ0n) is 14.6. The normalized spacial score (nSPS) is 21.8. The molecule has 0 amide bonds. The van der Waals surface area contributed by atoms with Gasteiger partial charge in [-0.15, -0.1) is 0 Å². The number of ether oxygens (including phenoxy) is 1. The van der Waals surface area contributed by atoms with Crippen LogP contribution in [0, 0.1) is 0 Å². The Morgan fingerprint density at radius 3 is 2.79 bits per heavy atom. The summed E-state index contributed by atoms with van der Waals surface area (Å²) in [5.74, 6) is 0.853. The van der Waals surface area contributed by atoms with Crippen LogP contribution in [0.25, 0.3) is 0 Å². The molecule has 0 radical (unpaired) electrons. The lowest BCUT2D eigenvalue weighted by Crippen LogP contribution is -2.45. The van der Waals surface area contributed by atoms with Crippen LogP contribution in [0.4, 0.5) is 0 Å². The standard InChI is InChI=1S/C19H26N4O/c1-14(23(2)13-16-11-17(24-3)9-10-20-16)18-12-19(22-21-18)15-7-5-4-6-8-15/h4-11,14,18-19,21-22H,12-13H2,1-3H3. The first kappa shape index (κ1) is 16.9. The molecule has 0 saturated carbocycles. The molecule has 3 atom stereocenters. The fourth-order valence-electron chi connectivity index (χ4n) is 3.18. The van der Waals surface area contributed by atoms with Crippen LogP contribution in [-0.2, 0) is 6.54 Å². The maximum atomic E-state index is 5.28. The lowest BCUT2D eigenvalue weighted by Gasteiger charge is -2.29. The Hall–Kier alpha value is -1.95. The van der Waals surface area contributed by atoms with E-state index in [1.807, 2.05) is 12.1 Å². The van der Waals surface area contributed by atoms with Gasteiger partial charge in [-0.2, -0.15) is 0 Å². The van der Waals surface area contributed by atoms with E-state index in [1.165, 1.54) is 5.56 Å². The highest BCUT2D eigenvalue weighted by molar-refractivity contribution is 5.23. The van der Waals surface area contributed by atoms with Gasteiger partial charge in [-0.05, 0) is 32.0 Å². The van der Waals surface area contributed by atoms with Crippen molar-refractivity contribution in [1.82, 2.24) is 20.7 Å². The molecule has 1 aromatic carbocycles. The van der Waals surface area contributed by atoms with Gasteiger partial charge in [-0.1, -0.05) is 30.3 Å². The highest BCUT2D eigenvalue weighted by Gasteiger charge is 2.30. The molecular formula is C19H26N4O. The van der Waals surface area contributed by atoms with Crippen LogP contribution in [-0.4, -0.2) is 36.1 Å². The van der Waals surface area contributed by atoms with Crippen molar-refractivity contribution in [3.05, 3.63) is 59.9 Å². The highest BCUT2D eigenvalue weighted by atomic mass is 16.5. The minimum absolute atomic E-state index is 0.363. The topological polar surface area (TPSA) is 49.4 Å². The molecule has 5 nitrogen and oxygen atoms in total. The average Bonchev–Trinajstić information content (AvgIpc) is 3.12. The molecule has 3 unspecified atom stereocenters. The van der Waals surface area contributed by atoms with Crippen molar-refractivity contribution in [1.29, 1.82) is 0 Å². The van der Waals surface area contributed by atoms with E-state index >= 15 is 0 Å². The maximum absolute atomic E-state index is 5.28. The van der Waals surface area contributed by atoms with Gasteiger partial charge < -0.3 is 4.74 Å². The fraction of sp³-hybridized carbons (Fsp3) is 0.421. The van der Waals surface area contributed by atoms with E-state index in [-0.39, 0.29) is 0 Å². The van der Waals surface area contributed by atoms with Gasteiger partial charge in [0.1, 0.15) is 5.75 Å². The summed E-state index contributed by atoms with van der Waals surface area (Å²) in [7, 11) is 3.83. The Morgan fingerprint density at radius 1 is 1.25 bits per heavy atom. The van der Waals surface area contributed by atoms with Gasteiger partial charge in [0.2, 0.25) is 0 Å². The summed E-state index contributed by atoms with van der Waals surface area (Å²) in [5, 5.41) is 0. The van der Waals surface area contributed by atoms with Gasteiger partial charge in [0.25, 0.3) is 0 Å². The summed E-state index contributed by atoms with van der Waals surface area (Å²) in [4.78, 5) is 6.77. The molecule has 2 heterocycles. The molecule has 3 rings (SSSR count). The number of pyridine rings is 1. The van der Waals surface area contributed by atoms with Gasteiger partial charge in [0, 0.05) is 36.9 Å². The predicted octanol–water partition coefficient (Wildman–Crippen LogP) is 2.52. The Bertz CT molecular complexity index is 649. The molecule has 1 saturated heterocycles. The van der Waals surface area contributed by atoms with Crippen LogP contribution < -0.4 is 15.6 Å². The van der Waals surface area contributed by atoms with E-state index in [2.05, 4.69) is 65.0 Å². The molecule has 0 bridgehead atoms. The molecule has 128 valence electrons. The molecule has 5 heteroatoms. The summed E-state index contributed by atoms with van der Waals surface area (Å²) >= 11 is 0. The first-order valence-electron chi connectivity index (χ1n) is 8.42. The first-order chi connectivity index (χ1) is 11.7. The Morgan fingerprint density at radius 2 is 2.04 bits per heavy atom. The van der Waals surface area contributed by atoms with Crippen molar-refractivity contribution in [2.45, 2.75) is 38.0 Å². The van der Waals surface area contributed by atoms with E-state index < -0.39 is 0 Å². The molecule has 0 aliphatic carbocycles. The minimum Gasteiger partial charge on any atom is -0.497 e. The SMILES string of the molecule is COc1ccnc(CN(C)C(C)C2CC(c3ccccc3)NN2)c1. The predicted molar refractivity (Wildman–Crippen MR) is 95.6 cm³/mol. The lowest BCUT2D eigenvalue weighted by molar-refractivity contribution is 0.203. The summed E-state index contributed by atoms with van der Waals surface area (Å²) in [6.45, 7) is 3.06. The molecule has 24 heavy (non-hydrogen) atoms. The first-order valence-corrected chi connectivity index (χ1v) is 8.42. The van der Waals surface area contributed by atoms with E-state index in [0.717, 1.165) is 24.4 Å². The number of aromatic nitrogens is 1. The van der Waals surface area contributed by atoms with Crippen LogP contribution >= 0.6 is 0 Å². The quantitative estimate of drug-likeness (QED) is 0.854. The average molecular weight is 326 g/mol. The van der Waals surface area contributed by atoms with Crippen molar-refractivity contribution in [2.24, 2.45) is 0 Å². The second kappa shape index (κ2) is 7.75. The number of nitrogens with zero attached hydrogens (tertiary/aromatic N) is 2. The Balaban J connectivity index is 1.59. The molecule has 1 aliphatic heterocycles. The largest absolute Gasteiger partial charge is 0.497 e. The molecule has 1 aliphatic rings. The fourth-order valence-corrected chi connectivity index (χ4v) is 3.18. The Labute approximate surface area is 144 Å². The van der Waals surface area contributed by atoms with E-state index in [1.54, 1.807) is 13.3 Å². The van der Waals surface area contributed by atoms with Crippen LogP contribution in [0.2, 0.25) is 0 Å². The second-order valence-electron chi connectivity index (χ2n) is 6.44. The van der Waals surface area contributed by atoms with Crippen LogP contribution in [0.1, 0.15) is 30.6 Å². The number of likely N-dealkylation sites (N-methyl/N-ethyl adjacent to an activating group) is 1. The van der Waals surface area contributed by atoms with Crippen molar-refractivity contribution in [2.75, 3.05) is 14.2 Å². The molecular weight excluding hydrogens is 300 g/mol. The molecule has 1 aromatic heterocycles. The van der Waals surface area contributed by atoms with Crippen molar-refractivity contribution in [3.8, 4) is 5.75 Å². The van der Waals surface area contributed by atoms with Gasteiger partial charge >= 0.3 is 0 Å². The smallest absolute Gasteiger partial charge is 0.122 e. The third-order valence-electron chi connectivity index (χ3n) is 4.85. The second-order valence-corrected chi connectivity index (χ2v) is 6.44. The van der Waals surface area contributed by atoms with E-state index in [0.29, 0.717) is 18.1 Å². The number of hydrazine groups is 1. The van der Waals surface area contributed by atoms with E-state index in [4.69, 9.17) is 4.74 Å². The van der Waals surface area contributed by atoms with Crippen molar-refractivity contribution < 1.29 is 4.74 Å². The number of hydrogen-bond acceptors (Lipinski definition) is 5. The van der Waals surface area contributed by atoms with Gasteiger partial charge in [0.15, 0.2) is 0 Å². The van der Waals surface area contributed by atoms with Gasteiger partial charge in [0.05, 0.1) is 12.8 Å². The van der Waals surface area contributed by atoms with Crippen LogP contribution in [0.5, 0.6) is 5.75 Å². The third kappa shape index (κ3) is 3.93. The summed E-state index contributed by atoms with van der Waals surface area (Å²) < 4.78 is 5.28. The number of benzene rings is 1. The van der Waals surface area contributed by atoms with Crippen molar-refractivity contribution >= 4 is 0 Å². The number of methoxy groups -OCH3 is 1. The molecule has 1 fully saturated rings. The van der Waals surface area contributed by atoms with Crippen LogP contribution in [0.15, 0.2) is 48.7 Å². The lowest BCUT2D eigenvalue weighted by atomic mass is 9.98. The summed E-state index contributed by atoms with van der Waals surface area (Å²) in [6, 6.07) is 15.6. The maximum Gasteiger partial charge on any atom is 0.122 e.